The van der Waals surface area contributed by atoms with E-state index in [1.807, 2.05) is 0 Å². The first-order valence-electron chi connectivity index (χ1n) is 6.88. The predicted molar refractivity (Wildman–Crippen MR) is 85.5 cm³/mol. The van der Waals surface area contributed by atoms with Gasteiger partial charge in [-0.15, -0.1) is 0 Å². The van der Waals surface area contributed by atoms with Gasteiger partial charge in [0.05, 0.1) is 21.4 Å². The van der Waals surface area contributed by atoms with E-state index in [1.165, 1.54) is 36.5 Å². The minimum absolute atomic E-state index is 0.133. The number of carbonyl (C=O) groups excluding carboxylic acids is 1. The van der Waals surface area contributed by atoms with Crippen LogP contribution in [0.3, 0.4) is 0 Å². The van der Waals surface area contributed by atoms with Crippen molar-refractivity contribution in [2.45, 2.75) is 30.4 Å². The third-order valence-corrected chi connectivity index (χ3v) is 5.75. The number of hydrogen-bond acceptors (Lipinski definition) is 4. The Morgan fingerprint density at radius 3 is 2.26 bits per heavy atom. The highest BCUT2D eigenvalue weighted by Gasteiger charge is 2.30. The van der Waals surface area contributed by atoms with Gasteiger partial charge in [0.15, 0.2) is 15.7 Å². The van der Waals surface area contributed by atoms with E-state index in [-0.39, 0.29) is 10.5 Å². The number of sulfone groups is 1. The third kappa shape index (κ3) is 3.56. The van der Waals surface area contributed by atoms with Crippen molar-refractivity contribution in [1.29, 1.82) is 0 Å². The summed E-state index contributed by atoms with van der Waals surface area (Å²) in [6.45, 7) is 4.85. The molecule has 0 unspecified atom stereocenters. The highest BCUT2D eigenvalue weighted by molar-refractivity contribution is 7.92. The number of amides is 1. The molecule has 0 saturated carbocycles. The molecule has 0 aliphatic heterocycles. The average Bonchev–Trinajstić information content (AvgIpc) is 2.47. The zero-order valence-corrected chi connectivity index (χ0v) is 13.8. The SMILES string of the molecule is CC(C)(C)S(=O)(=O)c1ccc(NC(=O)c2ccncc2F)cc1. The summed E-state index contributed by atoms with van der Waals surface area (Å²) in [5, 5.41) is 2.51. The largest absolute Gasteiger partial charge is 0.322 e. The molecule has 1 aromatic carbocycles. The molecule has 0 aliphatic rings. The van der Waals surface area contributed by atoms with E-state index in [2.05, 4.69) is 10.3 Å². The van der Waals surface area contributed by atoms with E-state index in [0.29, 0.717) is 5.69 Å². The van der Waals surface area contributed by atoms with Crippen molar-refractivity contribution in [2.75, 3.05) is 5.32 Å². The topological polar surface area (TPSA) is 76.1 Å². The van der Waals surface area contributed by atoms with Gasteiger partial charge in [0.1, 0.15) is 0 Å². The molecule has 0 radical (unpaired) electrons. The van der Waals surface area contributed by atoms with Gasteiger partial charge in [-0.2, -0.15) is 0 Å². The molecular formula is C16H17FN2O3S. The number of carbonyl (C=O) groups is 1. The second-order valence-corrected chi connectivity index (χ2v) is 8.65. The molecule has 2 rings (SSSR count). The molecular weight excluding hydrogens is 319 g/mol. The summed E-state index contributed by atoms with van der Waals surface area (Å²) in [5.41, 5.74) is 0.241. The monoisotopic (exact) mass is 336 g/mol. The normalized spacial score (nSPS) is 12.0. The standard InChI is InChI=1S/C16H17FN2O3S/c1-16(2,3)23(21,22)12-6-4-11(5-7-12)19-15(20)13-8-9-18-10-14(13)17/h4-10H,1-3H3,(H,19,20). The molecule has 0 aliphatic carbocycles. The van der Waals surface area contributed by atoms with E-state index in [9.17, 15) is 17.6 Å². The summed E-state index contributed by atoms with van der Waals surface area (Å²) in [6.07, 6.45) is 2.27. The number of nitrogens with one attached hydrogen (secondary N) is 1. The number of benzene rings is 1. The highest BCUT2D eigenvalue weighted by atomic mass is 32.2. The summed E-state index contributed by atoms with van der Waals surface area (Å²) in [5.74, 6) is -1.35. The fourth-order valence-electron chi connectivity index (χ4n) is 1.83. The maximum atomic E-state index is 13.5. The Kier molecular flexibility index (Phi) is 4.51. The van der Waals surface area contributed by atoms with Gasteiger partial charge < -0.3 is 5.32 Å². The smallest absolute Gasteiger partial charge is 0.258 e. The Labute approximate surface area is 134 Å². The number of pyridine rings is 1. The van der Waals surface area contributed by atoms with Gasteiger partial charge in [-0.3, -0.25) is 9.78 Å². The van der Waals surface area contributed by atoms with Gasteiger partial charge in [0, 0.05) is 11.9 Å². The number of aromatic nitrogens is 1. The van der Waals surface area contributed by atoms with Crippen molar-refractivity contribution in [3.8, 4) is 0 Å². The predicted octanol–water partition coefficient (Wildman–Crippen LogP) is 3.05. The maximum Gasteiger partial charge on any atom is 0.258 e. The van der Waals surface area contributed by atoms with Gasteiger partial charge in [-0.25, -0.2) is 12.8 Å². The number of halogens is 1. The Balaban J connectivity index is 2.22. The van der Waals surface area contributed by atoms with Crippen molar-refractivity contribution in [2.24, 2.45) is 0 Å². The molecule has 0 atom stereocenters. The van der Waals surface area contributed by atoms with Crippen LogP contribution in [0.25, 0.3) is 0 Å². The Hall–Kier alpha value is -2.28. The van der Waals surface area contributed by atoms with E-state index < -0.39 is 26.3 Å². The fraction of sp³-hybridized carbons (Fsp3) is 0.250. The van der Waals surface area contributed by atoms with E-state index in [0.717, 1.165) is 6.20 Å². The quantitative estimate of drug-likeness (QED) is 0.935. The second-order valence-electron chi connectivity index (χ2n) is 5.95. The van der Waals surface area contributed by atoms with E-state index in [4.69, 9.17) is 0 Å². The minimum Gasteiger partial charge on any atom is -0.322 e. The fourth-order valence-corrected chi connectivity index (χ4v) is 3.03. The van der Waals surface area contributed by atoms with Crippen LogP contribution in [0.5, 0.6) is 0 Å². The van der Waals surface area contributed by atoms with Crippen LogP contribution in [0.1, 0.15) is 31.1 Å². The molecule has 0 bridgehead atoms. The van der Waals surface area contributed by atoms with Gasteiger partial charge in [-0.1, -0.05) is 0 Å². The first-order valence-corrected chi connectivity index (χ1v) is 8.37. The van der Waals surface area contributed by atoms with Crippen LogP contribution in [0.4, 0.5) is 10.1 Å². The van der Waals surface area contributed by atoms with Crippen LogP contribution in [-0.4, -0.2) is 24.1 Å². The van der Waals surface area contributed by atoms with E-state index >= 15 is 0 Å². The van der Waals surface area contributed by atoms with Crippen molar-refractivity contribution >= 4 is 21.4 Å². The maximum absolute atomic E-state index is 13.5. The van der Waals surface area contributed by atoms with Gasteiger partial charge in [0.2, 0.25) is 0 Å². The lowest BCUT2D eigenvalue weighted by atomic mass is 10.2. The molecule has 7 heteroatoms. The van der Waals surface area contributed by atoms with Gasteiger partial charge in [0.25, 0.3) is 5.91 Å². The number of hydrogen-bond donors (Lipinski definition) is 1. The molecule has 0 spiro atoms. The number of rotatable bonds is 3. The lowest BCUT2D eigenvalue weighted by Crippen LogP contribution is -2.27. The zero-order chi connectivity index (χ0) is 17.3. The summed E-state index contributed by atoms with van der Waals surface area (Å²) >= 11 is 0. The zero-order valence-electron chi connectivity index (χ0n) is 13.0. The average molecular weight is 336 g/mol. The lowest BCUT2D eigenvalue weighted by Gasteiger charge is -2.19. The van der Waals surface area contributed by atoms with Gasteiger partial charge >= 0.3 is 0 Å². The molecule has 122 valence electrons. The molecule has 0 fully saturated rings. The molecule has 1 heterocycles. The van der Waals surface area contributed by atoms with Crippen molar-refractivity contribution in [3.05, 3.63) is 54.1 Å². The third-order valence-electron chi connectivity index (χ3n) is 3.25. The Morgan fingerprint density at radius 1 is 1.13 bits per heavy atom. The van der Waals surface area contributed by atoms with Crippen LogP contribution in [0.15, 0.2) is 47.6 Å². The molecule has 1 aromatic heterocycles. The van der Waals surface area contributed by atoms with E-state index in [1.54, 1.807) is 20.8 Å². The van der Waals surface area contributed by atoms with Crippen LogP contribution < -0.4 is 5.32 Å². The van der Waals surface area contributed by atoms with Crippen LogP contribution in [0.2, 0.25) is 0 Å². The first kappa shape index (κ1) is 17.1. The van der Waals surface area contributed by atoms with Crippen LogP contribution in [0, 0.1) is 5.82 Å². The van der Waals surface area contributed by atoms with Crippen molar-refractivity contribution < 1.29 is 17.6 Å². The number of anilines is 1. The number of nitrogens with zero attached hydrogens (tertiary/aromatic N) is 1. The van der Waals surface area contributed by atoms with Crippen LogP contribution in [-0.2, 0) is 9.84 Å². The molecule has 5 nitrogen and oxygen atoms in total. The van der Waals surface area contributed by atoms with Gasteiger partial charge in [-0.05, 0) is 51.1 Å². The first-order chi connectivity index (χ1) is 10.6. The van der Waals surface area contributed by atoms with Crippen molar-refractivity contribution in [1.82, 2.24) is 4.98 Å². The minimum atomic E-state index is -3.46. The highest BCUT2D eigenvalue weighted by Crippen LogP contribution is 2.25. The summed E-state index contributed by atoms with van der Waals surface area (Å²) in [7, 11) is -3.46. The second kappa shape index (κ2) is 6.08. The molecule has 1 amide bonds. The summed E-state index contributed by atoms with van der Waals surface area (Å²) in [6, 6.07) is 7.03. The summed E-state index contributed by atoms with van der Waals surface area (Å²) < 4.78 is 37.2. The summed E-state index contributed by atoms with van der Waals surface area (Å²) in [4.78, 5) is 15.7. The molecule has 1 N–H and O–H groups in total. The van der Waals surface area contributed by atoms with Crippen molar-refractivity contribution in [3.63, 3.8) is 0 Å². The molecule has 2 aromatic rings. The Morgan fingerprint density at radius 2 is 1.74 bits per heavy atom. The molecule has 0 saturated heterocycles. The van der Waals surface area contributed by atoms with Crippen LogP contribution >= 0.6 is 0 Å². The Bertz CT molecular complexity index is 825. The molecule has 23 heavy (non-hydrogen) atoms. The lowest BCUT2D eigenvalue weighted by molar-refractivity contribution is 0.102.